The monoisotopic (exact) mass is 496 g/mol. The third-order valence-electron chi connectivity index (χ3n) is 6.58. The Hall–Kier alpha value is -2.44. The number of anilines is 3. The number of ether oxygens (including phenoxy) is 1. The number of nitrogens with one attached hydrogen (secondary N) is 2. The number of nitrogens with zero attached hydrogens (tertiary/aromatic N) is 6. The summed E-state index contributed by atoms with van der Waals surface area (Å²) in [6, 6.07) is 0.307. The molecule has 0 bridgehead atoms. The van der Waals surface area contributed by atoms with Crippen LogP contribution in [-0.4, -0.2) is 89.1 Å². The van der Waals surface area contributed by atoms with Crippen molar-refractivity contribution in [2.45, 2.75) is 44.8 Å². The van der Waals surface area contributed by atoms with Gasteiger partial charge in [-0.15, -0.1) is 0 Å². The largest absolute Gasteiger partial charge is 0.421 e. The van der Waals surface area contributed by atoms with Crippen molar-refractivity contribution in [3.8, 4) is 0 Å². The van der Waals surface area contributed by atoms with Crippen molar-refractivity contribution in [3.63, 3.8) is 0 Å². The summed E-state index contributed by atoms with van der Waals surface area (Å²) < 4.78 is 48.1. The Bertz CT molecular complexity index is 951. The molecule has 0 aliphatic carbocycles. The maximum absolute atomic E-state index is 13.6. The molecular weight excluding hydrogens is 461 g/mol. The fourth-order valence-electron chi connectivity index (χ4n) is 4.49. The molecule has 2 saturated heterocycles. The fraction of sp³-hybridized carbons (Fsp3) is 0.696. The lowest BCUT2D eigenvalue weighted by atomic mass is 10.1. The molecule has 2 aromatic heterocycles. The number of likely N-dealkylation sites (tertiary alicyclic amines) is 1. The minimum atomic E-state index is -4.54. The van der Waals surface area contributed by atoms with Crippen molar-refractivity contribution >= 4 is 17.5 Å². The molecule has 2 aliphatic rings. The van der Waals surface area contributed by atoms with Gasteiger partial charge in [0.1, 0.15) is 11.4 Å². The van der Waals surface area contributed by atoms with E-state index in [2.05, 4.69) is 42.5 Å². The maximum atomic E-state index is 13.6. The van der Waals surface area contributed by atoms with E-state index >= 15 is 0 Å². The third-order valence-corrected chi connectivity index (χ3v) is 6.58. The Balaban J connectivity index is 1.41. The molecule has 0 spiro atoms. The number of hydrogen-bond donors (Lipinski definition) is 2. The van der Waals surface area contributed by atoms with Crippen LogP contribution in [0.5, 0.6) is 0 Å². The van der Waals surface area contributed by atoms with Crippen LogP contribution in [0.1, 0.15) is 43.0 Å². The number of aryl methyl sites for hydroxylation is 1. The maximum Gasteiger partial charge on any atom is 0.421 e. The van der Waals surface area contributed by atoms with Crippen molar-refractivity contribution in [1.29, 1.82) is 0 Å². The molecule has 0 unspecified atom stereocenters. The van der Waals surface area contributed by atoms with Gasteiger partial charge in [0.25, 0.3) is 0 Å². The van der Waals surface area contributed by atoms with Crippen LogP contribution in [0, 0.1) is 6.92 Å². The summed E-state index contributed by atoms with van der Waals surface area (Å²) in [6.07, 6.45) is 1.87. The Morgan fingerprint density at radius 2 is 1.94 bits per heavy atom. The predicted molar refractivity (Wildman–Crippen MR) is 128 cm³/mol. The zero-order valence-electron chi connectivity index (χ0n) is 20.4. The minimum absolute atomic E-state index is 0.108. The van der Waals surface area contributed by atoms with E-state index in [-0.39, 0.29) is 11.8 Å². The van der Waals surface area contributed by atoms with E-state index in [1.165, 1.54) is 0 Å². The Morgan fingerprint density at radius 1 is 1.14 bits per heavy atom. The topological polar surface area (TPSA) is 83.4 Å². The molecule has 9 nitrogen and oxygen atoms in total. The van der Waals surface area contributed by atoms with Crippen molar-refractivity contribution in [3.05, 3.63) is 23.7 Å². The minimum Gasteiger partial charge on any atom is -0.380 e. The summed E-state index contributed by atoms with van der Waals surface area (Å²) in [5.41, 5.74) is 0.575. The molecule has 2 aliphatic heterocycles. The number of alkyl halides is 3. The molecule has 4 rings (SSSR count). The van der Waals surface area contributed by atoms with Crippen LogP contribution >= 0.6 is 0 Å². The van der Waals surface area contributed by atoms with Gasteiger partial charge in [-0.25, -0.2) is 4.98 Å². The molecule has 0 saturated carbocycles. The van der Waals surface area contributed by atoms with Crippen molar-refractivity contribution in [2.75, 3.05) is 70.2 Å². The summed E-state index contributed by atoms with van der Waals surface area (Å²) in [7, 11) is 2.11. The van der Waals surface area contributed by atoms with Crippen molar-refractivity contribution in [1.82, 2.24) is 29.5 Å². The number of aromatic nitrogens is 4. The van der Waals surface area contributed by atoms with Gasteiger partial charge in [0.2, 0.25) is 5.95 Å². The first-order chi connectivity index (χ1) is 16.8. The predicted octanol–water partition coefficient (Wildman–Crippen LogP) is 3.53. The van der Waals surface area contributed by atoms with E-state index < -0.39 is 11.7 Å². The van der Waals surface area contributed by atoms with Crippen LogP contribution in [0.3, 0.4) is 0 Å². The molecule has 35 heavy (non-hydrogen) atoms. The molecule has 0 amide bonds. The SMILES string of the molecule is Cc1nn(C2CCN(C)CC2)cc1Nc1ncc(C(F)(F)F)c(NCCCN2CCCOCC2)n1. The van der Waals surface area contributed by atoms with Crippen LogP contribution in [0.15, 0.2) is 12.4 Å². The number of halogens is 3. The lowest BCUT2D eigenvalue weighted by molar-refractivity contribution is -0.137. The van der Waals surface area contributed by atoms with Gasteiger partial charge in [-0.05, 0) is 59.3 Å². The van der Waals surface area contributed by atoms with E-state index in [1.807, 2.05) is 17.8 Å². The van der Waals surface area contributed by atoms with E-state index in [4.69, 9.17) is 4.74 Å². The Morgan fingerprint density at radius 3 is 2.71 bits per heavy atom. The summed E-state index contributed by atoms with van der Waals surface area (Å²) in [5, 5.41) is 10.6. The second-order valence-electron chi connectivity index (χ2n) is 9.31. The molecule has 0 radical (unpaired) electrons. The lowest BCUT2D eigenvalue weighted by Gasteiger charge is -2.28. The zero-order chi connectivity index (χ0) is 24.8. The molecular formula is C23H35F3N8O. The van der Waals surface area contributed by atoms with Crippen LogP contribution < -0.4 is 10.6 Å². The number of hydrogen-bond acceptors (Lipinski definition) is 8. The van der Waals surface area contributed by atoms with E-state index in [0.29, 0.717) is 31.3 Å². The Labute approximate surface area is 204 Å². The number of piperidine rings is 1. The van der Waals surface area contributed by atoms with Gasteiger partial charge in [-0.1, -0.05) is 0 Å². The van der Waals surface area contributed by atoms with Crippen LogP contribution in [-0.2, 0) is 10.9 Å². The molecule has 194 valence electrons. The average molecular weight is 497 g/mol. The highest BCUT2D eigenvalue weighted by atomic mass is 19.4. The molecule has 2 aromatic rings. The molecule has 2 N–H and O–H groups in total. The number of rotatable bonds is 8. The van der Waals surface area contributed by atoms with Gasteiger partial charge in [0.15, 0.2) is 0 Å². The van der Waals surface area contributed by atoms with E-state index in [0.717, 1.165) is 70.5 Å². The first-order valence-corrected chi connectivity index (χ1v) is 12.3. The van der Waals surface area contributed by atoms with Gasteiger partial charge >= 0.3 is 6.18 Å². The normalized spacial score (nSPS) is 19.0. The van der Waals surface area contributed by atoms with Crippen LogP contribution in [0.2, 0.25) is 0 Å². The van der Waals surface area contributed by atoms with Gasteiger partial charge in [-0.3, -0.25) is 4.68 Å². The van der Waals surface area contributed by atoms with Crippen molar-refractivity contribution in [2.24, 2.45) is 0 Å². The molecule has 4 heterocycles. The Kier molecular flexibility index (Phi) is 8.45. The third kappa shape index (κ3) is 7.05. The lowest BCUT2D eigenvalue weighted by Crippen LogP contribution is -2.31. The summed E-state index contributed by atoms with van der Waals surface area (Å²) in [6.45, 7) is 8.30. The summed E-state index contributed by atoms with van der Waals surface area (Å²) >= 11 is 0. The molecule has 0 aromatic carbocycles. The highest BCUT2D eigenvalue weighted by Gasteiger charge is 2.35. The first kappa shape index (κ1) is 25.6. The standard InChI is InChI=1S/C23H35F3N8O/c1-17-20(16-34(31-17)18-5-10-32(2)11-6-18)29-22-28-15-19(23(24,25)26)21(30-22)27-7-3-8-33-9-4-13-35-14-12-33/h15-16,18H,3-14H2,1-2H3,(H2,27,28,29,30). The average Bonchev–Trinajstić information content (AvgIpc) is 3.01. The molecule has 0 atom stereocenters. The molecule has 12 heteroatoms. The summed E-state index contributed by atoms with van der Waals surface area (Å²) in [4.78, 5) is 12.7. The smallest absolute Gasteiger partial charge is 0.380 e. The van der Waals surface area contributed by atoms with Gasteiger partial charge < -0.3 is 25.2 Å². The summed E-state index contributed by atoms with van der Waals surface area (Å²) in [5.74, 6) is -0.106. The van der Waals surface area contributed by atoms with E-state index in [1.54, 1.807) is 0 Å². The van der Waals surface area contributed by atoms with Gasteiger partial charge in [-0.2, -0.15) is 23.3 Å². The molecule has 2 fully saturated rings. The van der Waals surface area contributed by atoms with Gasteiger partial charge in [0.05, 0.1) is 24.0 Å². The quantitative estimate of drug-likeness (QED) is 0.537. The fourth-order valence-corrected chi connectivity index (χ4v) is 4.49. The van der Waals surface area contributed by atoms with Crippen LogP contribution in [0.4, 0.5) is 30.6 Å². The zero-order valence-corrected chi connectivity index (χ0v) is 20.4. The highest BCUT2D eigenvalue weighted by Crippen LogP contribution is 2.34. The first-order valence-electron chi connectivity index (χ1n) is 12.3. The van der Waals surface area contributed by atoms with Gasteiger partial charge in [0, 0.05) is 38.6 Å². The van der Waals surface area contributed by atoms with Crippen molar-refractivity contribution < 1.29 is 17.9 Å². The van der Waals surface area contributed by atoms with E-state index in [9.17, 15) is 13.2 Å². The highest BCUT2D eigenvalue weighted by molar-refractivity contribution is 5.58. The second kappa shape index (κ2) is 11.5. The van der Waals surface area contributed by atoms with Crippen LogP contribution in [0.25, 0.3) is 0 Å². The second-order valence-corrected chi connectivity index (χ2v) is 9.31.